The van der Waals surface area contributed by atoms with Gasteiger partial charge in [0, 0.05) is 19.2 Å². The number of rotatable bonds is 6. The summed E-state index contributed by atoms with van der Waals surface area (Å²) in [5, 5.41) is 6.77. The third-order valence-corrected chi connectivity index (χ3v) is 3.20. The van der Waals surface area contributed by atoms with Gasteiger partial charge in [-0.15, -0.1) is 0 Å². The molecule has 6 nitrogen and oxygen atoms in total. The summed E-state index contributed by atoms with van der Waals surface area (Å²) in [6, 6.07) is 0.864. The summed E-state index contributed by atoms with van der Waals surface area (Å²) in [4.78, 5) is 4.06. The van der Waals surface area contributed by atoms with Crippen LogP contribution in [0.3, 0.4) is 0 Å². The van der Waals surface area contributed by atoms with Crippen LogP contribution in [0.1, 0.15) is 37.9 Å². The highest BCUT2D eigenvalue weighted by molar-refractivity contribution is 5.17. The lowest BCUT2D eigenvalue weighted by molar-refractivity contribution is 0.0251. The van der Waals surface area contributed by atoms with Crippen molar-refractivity contribution in [3.63, 3.8) is 0 Å². The number of aromatic nitrogens is 2. The largest absolute Gasteiger partial charge is 0.378 e. The third-order valence-electron chi connectivity index (χ3n) is 3.20. The van der Waals surface area contributed by atoms with Crippen LogP contribution in [0.5, 0.6) is 0 Å². The van der Waals surface area contributed by atoms with Crippen molar-refractivity contribution in [2.45, 2.75) is 51.2 Å². The summed E-state index contributed by atoms with van der Waals surface area (Å²) in [7, 11) is 0. The van der Waals surface area contributed by atoms with Crippen LogP contribution in [0.15, 0.2) is 4.52 Å². The Morgan fingerprint density at radius 2 is 2.17 bits per heavy atom. The Labute approximate surface area is 107 Å². The van der Waals surface area contributed by atoms with E-state index in [2.05, 4.69) is 15.5 Å². The first kappa shape index (κ1) is 13.3. The normalized spacial score (nSPS) is 24.1. The van der Waals surface area contributed by atoms with E-state index in [-0.39, 0.29) is 0 Å². The van der Waals surface area contributed by atoms with Crippen molar-refractivity contribution in [1.29, 1.82) is 0 Å². The molecule has 18 heavy (non-hydrogen) atoms. The average Bonchev–Trinajstić information content (AvgIpc) is 2.77. The summed E-state index contributed by atoms with van der Waals surface area (Å²) < 4.78 is 10.8. The van der Waals surface area contributed by atoms with Gasteiger partial charge in [0.05, 0.1) is 6.10 Å². The first-order valence-corrected chi connectivity index (χ1v) is 6.65. The van der Waals surface area contributed by atoms with Crippen LogP contribution in [-0.4, -0.2) is 35.4 Å². The summed E-state index contributed by atoms with van der Waals surface area (Å²) in [6.45, 7) is 3.35. The summed E-state index contributed by atoms with van der Waals surface area (Å²) >= 11 is 0. The highest BCUT2D eigenvalue weighted by Crippen LogP contribution is 2.19. The quantitative estimate of drug-likeness (QED) is 0.748. The van der Waals surface area contributed by atoms with Crippen molar-refractivity contribution in [3.05, 3.63) is 5.82 Å². The SMILES string of the molecule is Cc1noc(NCCCOC2CCC(N)CC2)n1. The van der Waals surface area contributed by atoms with Crippen LogP contribution >= 0.6 is 0 Å². The number of nitrogens with one attached hydrogen (secondary N) is 1. The molecule has 0 aromatic carbocycles. The minimum atomic E-state index is 0.382. The molecule has 0 atom stereocenters. The van der Waals surface area contributed by atoms with Gasteiger partial charge < -0.3 is 20.3 Å². The molecule has 2 rings (SSSR count). The molecule has 1 heterocycles. The predicted octanol–water partition coefficient (Wildman–Crippen LogP) is 1.47. The summed E-state index contributed by atoms with van der Waals surface area (Å²) in [6.07, 6.45) is 5.70. The second kappa shape index (κ2) is 6.70. The number of ether oxygens (including phenoxy) is 1. The summed E-state index contributed by atoms with van der Waals surface area (Å²) in [5.74, 6) is 0.646. The number of nitrogens with two attached hydrogens (primary N) is 1. The third kappa shape index (κ3) is 4.27. The van der Waals surface area contributed by atoms with Gasteiger partial charge in [0.1, 0.15) is 0 Å². The number of anilines is 1. The molecule has 0 spiro atoms. The molecule has 1 aliphatic carbocycles. The molecule has 1 saturated carbocycles. The fraction of sp³-hybridized carbons (Fsp3) is 0.833. The molecule has 1 fully saturated rings. The molecule has 0 bridgehead atoms. The standard InChI is InChI=1S/C12H22N4O2/c1-9-15-12(18-16-9)14-7-2-8-17-11-5-3-10(13)4-6-11/h10-11H,2-8,13H2,1H3,(H,14,15,16). The molecule has 0 radical (unpaired) electrons. The molecular weight excluding hydrogens is 232 g/mol. The highest BCUT2D eigenvalue weighted by atomic mass is 16.5. The second-order valence-corrected chi connectivity index (χ2v) is 4.83. The minimum Gasteiger partial charge on any atom is -0.378 e. The molecule has 0 unspecified atom stereocenters. The molecule has 0 amide bonds. The molecular formula is C12H22N4O2. The minimum absolute atomic E-state index is 0.382. The van der Waals surface area contributed by atoms with Crippen LogP contribution in [-0.2, 0) is 4.74 Å². The Bertz CT molecular complexity index is 348. The molecule has 6 heteroatoms. The predicted molar refractivity (Wildman–Crippen MR) is 68.3 cm³/mol. The van der Waals surface area contributed by atoms with E-state index < -0.39 is 0 Å². The molecule has 0 saturated heterocycles. The monoisotopic (exact) mass is 254 g/mol. The molecule has 102 valence electrons. The fourth-order valence-electron chi connectivity index (χ4n) is 2.14. The zero-order chi connectivity index (χ0) is 12.8. The van der Waals surface area contributed by atoms with Crippen molar-refractivity contribution in [3.8, 4) is 0 Å². The fourth-order valence-corrected chi connectivity index (χ4v) is 2.14. The first-order valence-electron chi connectivity index (χ1n) is 6.65. The molecule has 1 aromatic rings. The van der Waals surface area contributed by atoms with E-state index in [1.54, 1.807) is 6.92 Å². The van der Waals surface area contributed by atoms with Gasteiger partial charge in [0.15, 0.2) is 5.82 Å². The maximum atomic E-state index is 5.85. The van der Waals surface area contributed by atoms with Crippen LogP contribution in [0, 0.1) is 6.92 Å². The van der Waals surface area contributed by atoms with Gasteiger partial charge in [0.2, 0.25) is 0 Å². The lowest BCUT2D eigenvalue weighted by Crippen LogP contribution is -2.30. The van der Waals surface area contributed by atoms with Gasteiger partial charge in [-0.25, -0.2) is 0 Å². The molecule has 0 aliphatic heterocycles. The first-order chi connectivity index (χ1) is 8.74. The Balaban J connectivity index is 1.51. The van der Waals surface area contributed by atoms with E-state index in [9.17, 15) is 0 Å². The van der Waals surface area contributed by atoms with Crippen molar-refractivity contribution in [2.24, 2.45) is 5.73 Å². The lowest BCUT2D eigenvalue weighted by Gasteiger charge is -2.26. The van der Waals surface area contributed by atoms with Crippen molar-refractivity contribution < 1.29 is 9.26 Å². The Kier molecular flexibility index (Phi) is 4.95. The van der Waals surface area contributed by atoms with Gasteiger partial charge >= 0.3 is 6.01 Å². The van der Waals surface area contributed by atoms with Crippen LogP contribution in [0.25, 0.3) is 0 Å². The van der Waals surface area contributed by atoms with E-state index in [0.717, 1.165) is 45.3 Å². The Morgan fingerprint density at radius 3 is 2.83 bits per heavy atom. The van der Waals surface area contributed by atoms with Crippen molar-refractivity contribution in [1.82, 2.24) is 10.1 Å². The lowest BCUT2D eigenvalue weighted by atomic mass is 9.94. The van der Waals surface area contributed by atoms with Gasteiger partial charge in [-0.05, 0) is 39.0 Å². The number of hydrogen-bond acceptors (Lipinski definition) is 6. The van der Waals surface area contributed by atoms with Crippen molar-refractivity contribution >= 4 is 6.01 Å². The highest BCUT2D eigenvalue weighted by Gasteiger charge is 2.18. The average molecular weight is 254 g/mol. The number of hydrogen-bond donors (Lipinski definition) is 2. The van der Waals surface area contributed by atoms with E-state index in [1.165, 1.54) is 0 Å². The number of aryl methyl sites for hydroxylation is 1. The molecule has 3 N–H and O–H groups in total. The Hall–Kier alpha value is -1.14. The maximum absolute atomic E-state index is 5.85. The van der Waals surface area contributed by atoms with E-state index in [1.807, 2.05) is 0 Å². The van der Waals surface area contributed by atoms with Gasteiger partial charge in [0.25, 0.3) is 0 Å². The van der Waals surface area contributed by atoms with Crippen LogP contribution < -0.4 is 11.1 Å². The topological polar surface area (TPSA) is 86.2 Å². The van der Waals surface area contributed by atoms with Crippen LogP contribution in [0.4, 0.5) is 6.01 Å². The van der Waals surface area contributed by atoms with Crippen molar-refractivity contribution in [2.75, 3.05) is 18.5 Å². The summed E-state index contributed by atoms with van der Waals surface area (Å²) in [5.41, 5.74) is 5.85. The molecule has 1 aromatic heterocycles. The molecule has 1 aliphatic rings. The van der Waals surface area contributed by atoms with E-state index in [0.29, 0.717) is 24.0 Å². The zero-order valence-electron chi connectivity index (χ0n) is 10.9. The number of nitrogens with zero attached hydrogens (tertiary/aromatic N) is 2. The smallest absolute Gasteiger partial charge is 0.321 e. The zero-order valence-corrected chi connectivity index (χ0v) is 10.9. The Morgan fingerprint density at radius 1 is 1.39 bits per heavy atom. The second-order valence-electron chi connectivity index (χ2n) is 4.83. The van der Waals surface area contributed by atoms with Crippen LogP contribution in [0.2, 0.25) is 0 Å². The maximum Gasteiger partial charge on any atom is 0.321 e. The van der Waals surface area contributed by atoms with Gasteiger partial charge in [-0.2, -0.15) is 4.98 Å². The van der Waals surface area contributed by atoms with Gasteiger partial charge in [-0.1, -0.05) is 5.16 Å². The van der Waals surface area contributed by atoms with E-state index >= 15 is 0 Å². The van der Waals surface area contributed by atoms with Gasteiger partial charge in [-0.3, -0.25) is 0 Å². The van der Waals surface area contributed by atoms with E-state index in [4.69, 9.17) is 15.0 Å².